The zero-order chi connectivity index (χ0) is 19.4. The topological polar surface area (TPSA) is 90.4 Å². The van der Waals surface area contributed by atoms with Crippen LogP contribution in [0.3, 0.4) is 0 Å². The minimum absolute atomic E-state index is 0.123. The Morgan fingerprint density at radius 2 is 2.22 bits per heavy atom. The molecule has 0 aliphatic carbocycles. The van der Waals surface area contributed by atoms with Gasteiger partial charge in [-0.2, -0.15) is 0 Å². The first-order chi connectivity index (χ1) is 12.9. The molecular weight excluding hydrogens is 417 g/mol. The van der Waals surface area contributed by atoms with E-state index in [9.17, 15) is 9.18 Å². The van der Waals surface area contributed by atoms with E-state index in [1.165, 1.54) is 6.07 Å². The Hall–Kier alpha value is -2.42. The van der Waals surface area contributed by atoms with Crippen LogP contribution in [0.25, 0.3) is 0 Å². The molecule has 0 bridgehead atoms. The predicted octanol–water partition coefficient (Wildman–Crippen LogP) is 3.47. The van der Waals surface area contributed by atoms with Gasteiger partial charge in [-0.3, -0.25) is 4.98 Å². The highest BCUT2D eigenvalue weighted by molar-refractivity contribution is 9.10. The lowest BCUT2D eigenvalue weighted by molar-refractivity contribution is 0.186. The molecule has 0 spiro atoms. The summed E-state index contributed by atoms with van der Waals surface area (Å²) in [5, 5.41) is 14.9. The first-order valence-corrected chi connectivity index (χ1v) is 9.45. The van der Waals surface area contributed by atoms with Gasteiger partial charge in [-0.05, 0) is 46.5 Å². The second-order valence-corrected chi connectivity index (χ2v) is 7.47. The van der Waals surface area contributed by atoms with Crippen LogP contribution >= 0.6 is 15.9 Å². The van der Waals surface area contributed by atoms with Crippen molar-refractivity contribution in [2.75, 3.05) is 23.3 Å². The average molecular weight is 438 g/mol. The molecule has 27 heavy (non-hydrogen) atoms. The molecule has 1 saturated heterocycles. The van der Waals surface area contributed by atoms with Crippen LogP contribution < -0.4 is 15.5 Å². The van der Waals surface area contributed by atoms with E-state index >= 15 is 0 Å². The lowest BCUT2D eigenvalue weighted by atomic mass is 9.95. The number of anilines is 2. The van der Waals surface area contributed by atoms with E-state index in [2.05, 4.69) is 48.4 Å². The van der Waals surface area contributed by atoms with Crippen molar-refractivity contribution in [3.8, 4) is 0 Å². The van der Waals surface area contributed by atoms with Crippen molar-refractivity contribution in [3.05, 3.63) is 46.7 Å². The number of carboxylic acid groups (broad SMARTS) is 1. The van der Waals surface area contributed by atoms with Crippen molar-refractivity contribution in [2.45, 2.75) is 25.9 Å². The molecule has 0 aromatic carbocycles. The first kappa shape index (κ1) is 19.3. The van der Waals surface area contributed by atoms with Gasteiger partial charge in [0.1, 0.15) is 4.60 Å². The molecule has 7 nitrogen and oxygen atoms in total. The lowest BCUT2D eigenvalue weighted by Gasteiger charge is -2.38. The fourth-order valence-corrected chi connectivity index (χ4v) is 3.73. The summed E-state index contributed by atoms with van der Waals surface area (Å²) in [6, 6.07) is 4.78. The second kappa shape index (κ2) is 8.51. The first-order valence-electron chi connectivity index (χ1n) is 8.65. The summed E-state index contributed by atoms with van der Waals surface area (Å²) in [6.45, 7) is 3.95. The predicted molar refractivity (Wildman–Crippen MR) is 104 cm³/mol. The molecular formula is C18H21BrFN5O2. The number of hydrogen-bond donors (Lipinski definition) is 3. The fourth-order valence-electron chi connectivity index (χ4n) is 3.37. The Kier molecular flexibility index (Phi) is 6.10. The van der Waals surface area contributed by atoms with Crippen molar-refractivity contribution in [1.82, 2.24) is 15.3 Å². The number of pyridine rings is 2. The van der Waals surface area contributed by atoms with Crippen LogP contribution in [0.1, 0.15) is 19.0 Å². The van der Waals surface area contributed by atoms with Crippen LogP contribution in [0.2, 0.25) is 0 Å². The van der Waals surface area contributed by atoms with E-state index in [-0.39, 0.29) is 10.6 Å². The number of halogens is 2. The third-order valence-corrected chi connectivity index (χ3v) is 5.00. The maximum Gasteiger partial charge on any atom is 0.404 e. The van der Waals surface area contributed by atoms with Crippen molar-refractivity contribution in [3.63, 3.8) is 0 Å². The highest BCUT2D eigenvalue weighted by Gasteiger charge is 2.27. The highest BCUT2D eigenvalue weighted by atomic mass is 79.9. The number of piperidine rings is 1. The molecule has 2 aromatic rings. The molecule has 1 aliphatic heterocycles. The van der Waals surface area contributed by atoms with Crippen LogP contribution in [0.4, 0.5) is 20.6 Å². The van der Waals surface area contributed by atoms with Crippen molar-refractivity contribution in [1.29, 1.82) is 0 Å². The van der Waals surface area contributed by atoms with Crippen molar-refractivity contribution in [2.24, 2.45) is 5.92 Å². The molecule has 144 valence electrons. The molecule has 1 amide bonds. The number of carbonyl (C=O) groups is 1. The SMILES string of the molecule is C[C@@H]1C[C@H](NC(=O)O)CN(c2ccncc2NCc2ccc(F)c(Br)n2)C1. The van der Waals surface area contributed by atoms with Crippen LogP contribution in [0, 0.1) is 11.7 Å². The molecule has 3 rings (SSSR count). The Bertz CT molecular complexity index is 822. The smallest absolute Gasteiger partial charge is 0.404 e. The number of hydrogen-bond acceptors (Lipinski definition) is 5. The Morgan fingerprint density at radius 1 is 1.41 bits per heavy atom. The quantitative estimate of drug-likeness (QED) is 0.620. The standard InChI is InChI=1S/C18H21BrFN5O2/c1-11-6-13(24-18(26)27)10-25(9-11)16-4-5-21-8-15(16)22-7-12-2-3-14(20)17(19)23-12/h2-5,8,11,13,22,24H,6-7,9-10H2,1H3,(H,26,27)/t11-,13+/m1/s1. The molecule has 0 saturated carbocycles. The molecule has 3 N–H and O–H groups in total. The molecule has 2 atom stereocenters. The number of nitrogens with zero attached hydrogens (tertiary/aromatic N) is 3. The summed E-state index contributed by atoms with van der Waals surface area (Å²) in [5.74, 6) is -0.0496. The number of rotatable bonds is 5. The van der Waals surface area contributed by atoms with Gasteiger partial charge in [0.05, 0.1) is 29.8 Å². The fraction of sp³-hybridized carbons (Fsp3) is 0.389. The Labute approximate surface area is 165 Å². The van der Waals surface area contributed by atoms with E-state index in [0.717, 1.165) is 24.3 Å². The van der Waals surface area contributed by atoms with Crippen molar-refractivity contribution < 1.29 is 14.3 Å². The van der Waals surface area contributed by atoms with Gasteiger partial charge in [0, 0.05) is 25.3 Å². The van der Waals surface area contributed by atoms with E-state index < -0.39 is 11.9 Å². The van der Waals surface area contributed by atoms with E-state index in [1.54, 1.807) is 18.5 Å². The van der Waals surface area contributed by atoms with Gasteiger partial charge in [0.25, 0.3) is 0 Å². The van der Waals surface area contributed by atoms with Crippen molar-refractivity contribution >= 4 is 33.4 Å². The average Bonchev–Trinajstić information content (AvgIpc) is 2.62. The molecule has 3 heterocycles. The summed E-state index contributed by atoms with van der Waals surface area (Å²) in [4.78, 5) is 21.5. The van der Waals surface area contributed by atoms with Gasteiger partial charge < -0.3 is 20.6 Å². The molecule has 0 radical (unpaired) electrons. The maximum atomic E-state index is 13.3. The zero-order valence-corrected chi connectivity index (χ0v) is 16.4. The molecule has 1 fully saturated rings. The summed E-state index contributed by atoms with van der Waals surface area (Å²) in [7, 11) is 0. The third kappa shape index (κ3) is 5.06. The van der Waals surface area contributed by atoms with Crippen LogP contribution in [0.15, 0.2) is 35.2 Å². The van der Waals surface area contributed by atoms with Gasteiger partial charge in [-0.15, -0.1) is 0 Å². The molecule has 2 aromatic heterocycles. The van der Waals surface area contributed by atoms with Gasteiger partial charge in [0.15, 0.2) is 5.82 Å². The second-order valence-electron chi connectivity index (χ2n) is 6.71. The summed E-state index contributed by atoms with van der Waals surface area (Å²) < 4.78 is 13.5. The van der Waals surface area contributed by atoms with Gasteiger partial charge in [0.2, 0.25) is 0 Å². The minimum Gasteiger partial charge on any atom is -0.465 e. The van der Waals surface area contributed by atoms with Crippen LogP contribution in [0.5, 0.6) is 0 Å². The van der Waals surface area contributed by atoms with Gasteiger partial charge >= 0.3 is 6.09 Å². The summed E-state index contributed by atoms with van der Waals surface area (Å²) >= 11 is 3.09. The van der Waals surface area contributed by atoms with Gasteiger partial charge in [-0.1, -0.05) is 6.92 Å². The maximum absolute atomic E-state index is 13.3. The zero-order valence-electron chi connectivity index (χ0n) is 14.8. The van der Waals surface area contributed by atoms with Gasteiger partial charge in [-0.25, -0.2) is 14.2 Å². The molecule has 0 unspecified atom stereocenters. The molecule has 9 heteroatoms. The Balaban J connectivity index is 1.74. The van der Waals surface area contributed by atoms with E-state index in [0.29, 0.717) is 24.7 Å². The summed E-state index contributed by atoms with van der Waals surface area (Å²) in [5.41, 5.74) is 2.47. The lowest BCUT2D eigenvalue weighted by Crippen LogP contribution is -2.50. The number of amides is 1. The monoisotopic (exact) mass is 437 g/mol. The highest BCUT2D eigenvalue weighted by Crippen LogP contribution is 2.29. The Morgan fingerprint density at radius 3 is 2.96 bits per heavy atom. The van der Waals surface area contributed by atoms with E-state index in [1.807, 2.05) is 6.07 Å². The number of nitrogens with one attached hydrogen (secondary N) is 2. The largest absolute Gasteiger partial charge is 0.465 e. The van der Waals surface area contributed by atoms with Crippen LogP contribution in [-0.2, 0) is 6.54 Å². The minimum atomic E-state index is -1.00. The number of aromatic nitrogens is 2. The summed E-state index contributed by atoms with van der Waals surface area (Å²) in [6.07, 6.45) is 3.25. The molecule has 1 aliphatic rings. The normalized spacial score (nSPS) is 19.6. The van der Waals surface area contributed by atoms with Crippen LogP contribution in [-0.4, -0.2) is 40.3 Å². The third-order valence-electron chi connectivity index (χ3n) is 4.45. The van der Waals surface area contributed by atoms with E-state index in [4.69, 9.17) is 5.11 Å².